The van der Waals surface area contributed by atoms with Gasteiger partial charge in [-0.1, -0.05) is 41.6 Å². The zero-order valence-corrected chi connectivity index (χ0v) is 16.4. The standard InChI is InChI=1S/C21H20ClN3OS/c1-15(18-6-4-5-13-23-18)24-14-21(26)25-19-7-2-3-8-20(19)27-17-11-9-16(22)10-12-17/h2-13,15,24H,14H2,1H3,(H,25,26). The third-order valence-electron chi connectivity index (χ3n) is 3.90. The molecule has 1 unspecified atom stereocenters. The van der Waals surface area contributed by atoms with E-state index < -0.39 is 0 Å². The van der Waals surface area contributed by atoms with Crippen molar-refractivity contribution in [3.63, 3.8) is 0 Å². The Kier molecular flexibility index (Phi) is 6.87. The van der Waals surface area contributed by atoms with Gasteiger partial charge in [0, 0.05) is 27.1 Å². The predicted molar refractivity (Wildman–Crippen MR) is 111 cm³/mol. The second-order valence-electron chi connectivity index (χ2n) is 5.96. The zero-order valence-electron chi connectivity index (χ0n) is 14.9. The molecule has 0 fully saturated rings. The van der Waals surface area contributed by atoms with Gasteiger partial charge in [-0.05, 0) is 55.5 Å². The van der Waals surface area contributed by atoms with Gasteiger partial charge < -0.3 is 10.6 Å². The Balaban J connectivity index is 1.60. The summed E-state index contributed by atoms with van der Waals surface area (Å²) in [7, 11) is 0. The monoisotopic (exact) mass is 397 g/mol. The minimum Gasteiger partial charge on any atom is -0.324 e. The van der Waals surface area contributed by atoms with Crippen LogP contribution in [0.25, 0.3) is 0 Å². The van der Waals surface area contributed by atoms with Crippen LogP contribution < -0.4 is 10.6 Å². The van der Waals surface area contributed by atoms with E-state index in [4.69, 9.17) is 11.6 Å². The lowest BCUT2D eigenvalue weighted by molar-refractivity contribution is -0.115. The van der Waals surface area contributed by atoms with Gasteiger partial charge in [-0.2, -0.15) is 0 Å². The van der Waals surface area contributed by atoms with Crippen molar-refractivity contribution in [2.24, 2.45) is 0 Å². The molecule has 0 radical (unpaired) electrons. The van der Waals surface area contributed by atoms with Crippen LogP contribution in [0.2, 0.25) is 5.02 Å². The molecule has 3 rings (SSSR count). The molecule has 0 spiro atoms. The number of carbonyl (C=O) groups excluding carboxylic acids is 1. The van der Waals surface area contributed by atoms with Crippen LogP contribution in [0.4, 0.5) is 5.69 Å². The van der Waals surface area contributed by atoms with Gasteiger partial charge in [-0.25, -0.2) is 0 Å². The summed E-state index contributed by atoms with van der Waals surface area (Å²) in [4.78, 5) is 18.7. The molecule has 4 nitrogen and oxygen atoms in total. The van der Waals surface area contributed by atoms with Crippen LogP contribution >= 0.6 is 23.4 Å². The van der Waals surface area contributed by atoms with Gasteiger partial charge >= 0.3 is 0 Å². The molecule has 0 saturated heterocycles. The molecular weight excluding hydrogens is 378 g/mol. The summed E-state index contributed by atoms with van der Waals surface area (Å²) in [5.74, 6) is -0.0954. The number of pyridine rings is 1. The van der Waals surface area contributed by atoms with Gasteiger partial charge in [-0.15, -0.1) is 0 Å². The number of rotatable bonds is 7. The van der Waals surface area contributed by atoms with Crippen LogP contribution in [-0.4, -0.2) is 17.4 Å². The number of aromatic nitrogens is 1. The van der Waals surface area contributed by atoms with Gasteiger partial charge in [-0.3, -0.25) is 9.78 Å². The highest BCUT2D eigenvalue weighted by molar-refractivity contribution is 7.99. The molecule has 27 heavy (non-hydrogen) atoms. The molecular formula is C21H20ClN3OS. The van der Waals surface area contributed by atoms with Crippen LogP contribution in [-0.2, 0) is 4.79 Å². The van der Waals surface area contributed by atoms with E-state index in [-0.39, 0.29) is 18.5 Å². The molecule has 1 heterocycles. The topological polar surface area (TPSA) is 54.0 Å². The summed E-state index contributed by atoms with van der Waals surface area (Å²) in [5.41, 5.74) is 1.69. The van der Waals surface area contributed by atoms with E-state index in [2.05, 4.69) is 15.6 Å². The van der Waals surface area contributed by atoms with Gasteiger partial charge in [0.1, 0.15) is 0 Å². The van der Waals surface area contributed by atoms with E-state index in [0.29, 0.717) is 5.02 Å². The third kappa shape index (κ3) is 5.82. The van der Waals surface area contributed by atoms with E-state index in [0.717, 1.165) is 21.2 Å². The fraction of sp³-hybridized carbons (Fsp3) is 0.143. The third-order valence-corrected chi connectivity index (χ3v) is 5.24. The zero-order chi connectivity index (χ0) is 19.1. The van der Waals surface area contributed by atoms with Crippen molar-refractivity contribution < 1.29 is 4.79 Å². The lowest BCUT2D eigenvalue weighted by Gasteiger charge is -2.14. The molecule has 0 aliphatic heterocycles. The van der Waals surface area contributed by atoms with Crippen molar-refractivity contribution in [2.75, 3.05) is 11.9 Å². The molecule has 2 N–H and O–H groups in total. The summed E-state index contributed by atoms with van der Waals surface area (Å²) >= 11 is 7.52. The van der Waals surface area contributed by atoms with E-state index in [1.54, 1.807) is 18.0 Å². The van der Waals surface area contributed by atoms with Crippen molar-refractivity contribution in [3.05, 3.63) is 83.6 Å². The van der Waals surface area contributed by atoms with E-state index >= 15 is 0 Å². The Labute approximate surface area is 168 Å². The summed E-state index contributed by atoms with van der Waals surface area (Å²) in [6.45, 7) is 2.19. The number of hydrogen-bond acceptors (Lipinski definition) is 4. The molecule has 0 bridgehead atoms. The first-order chi connectivity index (χ1) is 13.1. The minimum absolute atomic E-state index is 0.00404. The van der Waals surface area contributed by atoms with Gasteiger partial charge in [0.15, 0.2) is 0 Å². The lowest BCUT2D eigenvalue weighted by Crippen LogP contribution is -2.30. The molecule has 6 heteroatoms. The molecule has 1 aromatic heterocycles. The van der Waals surface area contributed by atoms with Crippen molar-refractivity contribution in [1.29, 1.82) is 0 Å². The quantitative estimate of drug-likeness (QED) is 0.577. The molecule has 138 valence electrons. The van der Waals surface area contributed by atoms with Gasteiger partial charge in [0.2, 0.25) is 5.91 Å². The maximum absolute atomic E-state index is 12.4. The predicted octanol–water partition coefficient (Wildman–Crippen LogP) is 5.18. The average Bonchev–Trinajstić information content (AvgIpc) is 2.70. The van der Waals surface area contributed by atoms with Crippen molar-refractivity contribution in [2.45, 2.75) is 22.8 Å². The normalized spacial score (nSPS) is 11.8. The van der Waals surface area contributed by atoms with Gasteiger partial charge in [0.25, 0.3) is 0 Å². The van der Waals surface area contributed by atoms with Crippen LogP contribution in [0.3, 0.4) is 0 Å². The van der Waals surface area contributed by atoms with Crippen molar-refractivity contribution in [3.8, 4) is 0 Å². The Hall–Kier alpha value is -2.34. The Morgan fingerprint density at radius 1 is 1.07 bits per heavy atom. The number of halogens is 1. The average molecular weight is 398 g/mol. The van der Waals surface area contributed by atoms with Crippen LogP contribution in [0, 0.1) is 0 Å². The summed E-state index contributed by atoms with van der Waals surface area (Å²) < 4.78 is 0. The SMILES string of the molecule is CC(NCC(=O)Nc1ccccc1Sc1ccc(Cl)cc1)c1ccccn1. The minimum atomic E-state index is -0.0954. The fourth-order valence-corrected chi connectivity index (χ4v) is 3.49. The van der Waals surface area contributed by atoms with Gasteiger partial charge in [0.05, 0.1) is 17.9 Å². The van der Waals surface area contributed by atoms with Crippen LogP contribution in [0.15, 0.2) is 82.7 Å². The highest BCUT2D eigenvalue weighted by atomic mass is 35.5. The van der Waals surface area contributed by atoms with Crippen molar-refractivity contribution >= 4 is 35.0 Å². The molecule has 0 saturated carbocycles. The number of nitrogens with zero attached hydrogens (tertiary/aromatic N) is 1. The lowest BCUT2D eigenvalue weighted by atomic mass is 10.2. The van der Waals surface area contributed by atoms with E-state index in [1.807, 2.05) is 73.7 Å². The Bertz CT molecular complexity index is 887. The number of carbonyl (C=O) groups is 1. The highest BCUT2D eigenvalue weighted by Crippen LogP contribution is 2.33. The second kappa shape index (κ2) is 9.55. The number of para-hydroxylation sites is 1. The summed E-state index contributed by atoms with van der Waals surface area (Å²) in [5, 5.41) is 6.88. The number of anilines is 1. The number of nitrogens with one attached hydrogen (secondary N) is 2. The van der Waals surface area contributed by atoms with E-state index in [9.17, 15) is 4.79 Å². The van der Waals surface area contributed by atoms with Crippen LogP contribution in [0.1, 0.15) is 18.7 Å². The number of benzene rings is 2. The summed E-state index contributed by atoms with van der Waals surface area (Å²) in [6, 6.07) is 21.1. The summed E-state index contributed by atoms with van der Waals surface area (Å²) in [6.07, 6.45) is 1.75. The molecule has 3 aromatic rings. The second-order valence-corrected chi connectivity index (χ2v) is 7.51. The first kappa shape index (κ1) is 19.4. The maximum atomic E-state index is 12.4. The fourth-order valence-electron chi connectivity index (χ4n) is 2.47. The Morgan fingerprint density at radius 3 is 2.56 bits per heavy atom. The largest absolute Gasteiger partial charge is 0.324 e. The smallest absolute Gasteiger partial charge is 0.238 e. The Morgan fingerprint density at radius 2 is 1.81 bits per heavy atom. The number of amides is 1. The molecule has 0 aliphatic carbocycles. The molecule has 0 aliphatic rings. The highest BCUT2D eigenvalue weighted by Gasteiger charge is 2.11. The molecule has 1 atom stereocenters. The number of hydrogen-bond donors (Lipinski definition) is 2. The van der Waals surface area contributed by atoms with E-state index in [1.165, 1.54) is 0 Å². The van der Waals surface area contributed by atoms with Crippen molar-refractivity contribution in [1.82, 2.24) is 10.3 Å². The molecule has 2 aromatic carbocycles. The first-order valence-electron chi connectivity index (χ1n) is 8.58. The first-order valence-corrected chi connectivity index (χ1v) is 9.78. The van der Waals surface area contributed by atoms with Crippen LogP contribution in [0.5, 0.6) is 0 Å². The molecule has 1 amide bonds. The maximum Gasteiger partial charge on any atom is 0.238 e.